The molecule has 0 aromatic heterocycles. The number of hydrogen-bond donors (Lipinski definition) is 2. The van der Waals surface area contributed by atoms with Gasteiger partial charge in [-0.05, 0) is 48.4 Å². The van der Waals surface area contributed by atoms with Crippen LogP contribution in [0.25, 0.3) is 6.08 Å². The molecule has 1 fully saturated rings. The zero-order valence-electron chi connectivity index (χ0n) is 17.1. The van der Waals surface area contributed by atoms with Crippen molar-refractivity contribution in [3.05, 3.63) is 76.9 Å². The van der Waals surface area contributed by atoms with Crippen LogP contribution in [-0.4, -0.2) is 43.5 Å². The Morgan fingerprint density at radius 1 is 1.00 bits per heavy atom. The van der Waals surface area contributed by atoms with Gasteiger partial charge in [0.25, 0.3) is 0 Å². The Balaban J connectivity index is 1.31. The monoisotopic (exact) mass is 389 g/mol. The largest absolute Gasteiger partial charge is 0.352 e. The summed E-state index contributed by atoms with van der Waals surface area (Å²) in [5, 5.41) is 6.60. The lowest BCUT2D eigenvalue weighted by molar-refractivity contribution is -0.117. The third kappa shape index (κ3) is 5.14. The van der Waals surface area contributed by atoms with Crippen molar-refractivity contribution in [3.63, 3.8) is 0 Å². The van der Waals surface area contributed by atoms with E-state index < -0.39 is 0 Å². The summed E-state index contributed by atoms with van der Waals surface area (Å²) < 4.78 is 0. The van der Waals surface area contributed by atoms with Crippen molar-refractivity contribution < 1.29 is 4.79 Å². The summed E-state index contributed by atoms with van der Waals surface area (Å²) in [6, 6.07) is 19.6. The average molecular weight is 390 g/mol. The zero-order chi connectivity index (χ0) is 19.9. The molecule has 0 saturated carbocycles. The van der Waals surface area contributed by atoms with Crippen LogP contribution in [0.4, 0.5) is 0 Å². The van der Waals surface area contributed by atoms with Crippen LogP contribution in [0.3, 0.4) is 0 Å². The second-order valence-electron chi connectivity index (χ2n) is 7.98. The summed E-state index contributed by atoms with van der Waals surface area (Å²) in [7, 11) is 0. The Labute approximate surface area is 174 Å². The first-order chi connectivity index (χ1) is 14.3. The lowest BCUT2D eigenvalue weighted by Crippen LogP contribution is -2.45. The van der Waals surface area contributed by atoms with Crippen LogP contribution < -0.4 is 10.6 Å². The summed E-state index contributed by atoms with van der Waals surface area (Å²) in [5.41, 5.74) is 4.82. The van der Waals surface area contributed by atoms with E-state index in [0.29, 0.717) is 6.04 Å². The molecular weight excluding hydrogens is 358 g/mol. The number of fused-ring (bicyclic) bond motifs is 1. The van der Waals surface area contributed by atoms with Crippen LogP contribution in [0.1, 0.15) is 42.0 Å². The normalized spacial score (nSPS) is 17.9. The highest BCUT2D eigenvalue weighted by molar-refractivity contribution is 5.98. The molecule has 4 nitrogen and oxygen atoms in total. The lowest BCUT2D eigenvalue weighted by Gasteiger charge is -2.35. The highest BCUT2D eigenvalue weighted by Gasteiger charge is 2.22. The van der Waals surface area contributed by atoms with Crippen molar-refractivity contribution in [1.82, 2.24) is 15.5 Å². The van der Waals surface area contributed by atoms with Crippen molar-refractivity contribution in [2.45, 2.75) is 31.7 Å². The van der Waals surface area contributed by atoms with Gasteiger partial charge in [-0.15, -0.1) is 0 Å². The van der Waals surface area contributed by atoms with E-state index in [1.807, 2.05) is 6.07 Å². The van der Waals surface area contributed by atoms with Crippen LogP contribution in [0.5, 0.6) is 0 Å². The van der Waals surface area contributed by atoms with Gasteiger partial charge in [0.15, 0.2) is 0 Å². The first kappa shape index (κ1) is 19.9. The molecule has 2 aromatic carbocycles. The van der Waals surface area contributed by atoms with Crippen molar-refractivity contribution in [3.8, 4) is 0 Å². The topological polar surface area (TPSA) is 44.4 Å². The number of nitrogens with one attached hydrogen (secondary N) is 2. The third-order valence-electron chi connectivity index (χ3n) is 6.06. The number of carbonyl (C=O) groups excluding carboxylic acids is 1. The van der Waals surface area contributed by atoms with E-state index in [1.54, 1.807) is 0 Å². The van der Waals surface area contributed by atoms with E-state index in [1.165, 1.54) is 16.7 Å². The van der Waals surface area contributed by atoms with Crippen molar-refractivity contribution >= 4 is 12.0 Å². The number of piperazine rings is 1. The van der Waals surface area contributed by atoms with Crippen molar-refractivity contribution in [2.75, 3.05) is 32.7 Å². The van der Waals surface area contributed by atoms with Gasteiger partial charge >= 0.3 is 0 Å². The summed E-state index contributed by atoms with van der Waals surface area (Å²) >= 11 is 0. The smallest absolute Gasteiger partial charge is 0.247 e. The summed E-state index contributed by atoms with van der Waals surface area (Å²) in [5.74, 6) is 0.0953. The molecule has 1 aliphatic carbocycles. The van der Waals surface area contributed by atoms with Crippen LogP contribution in [0.2, 0.25) is 0 Å². The molecule has 1 atom stereocenters. The molecule has 0 spiro atoms. The average Bonchev–Trinajstić information content (AvgIpc) is 2.80. The van der Waals surface area contributed by atoms with Gasteiger partial charge in [0.2, 0.25) is 5.91 Å². The molecule has 1 amide bonds. The number of amides is 1. The second-order valence-corrected chi connectivity index (χ2v) is 7.98. The minimum absolute atomic E-state index is 0.0953. The molecule has 152 valence electrons. The molecule has 4 heteroatoms. The molecule has 1 heterocycles. The Hall–Kier alpha value is -2.43. The van der Waals surface area contributed by atoms with E-state index in [9.17, 15) is 4.79 Å². The van der Waals surface area contributed by atoms with Gasteiger partial charge in [0.05, 0.1) is 0 Å². The van der Waals surface area contributed by atoms with Crippen LogP contribution in [0, 0.1) is 0 Å². The van der Waals surface area contributed by atoms with Gasteiger partial charge in [-0.1, -0.05) is 54.6 Å². The molecule has 1 unspecified atom stereocenters. The van der Waals surface area contributed by atoms with Crippen molar-refractivity contribution in [1.29, 1.82) is 0 Å². The molecule has 29 heavy (non-hydrogen) atoms. The Kier molecular flexibility index (Phi) is 6.75. The quantitative estimate of drug-likeness (QED) is 0.712. The van der Waals surface area contributed by atoms with Gasteiger partial charge in [0, 0.05) is 44.3 Å². The van der Waals surface area contributed by atoms with Gasteiger partial charge in [-0.25, -0.2) is 0 Å². The second kappa shape index (κ2) is 9.86. The number of aryl methyl sites for hydroxylation is 1. The maximum atomic E-state index is 12.6. The Morgan fingerprint density at radius 3 is 2.59 bits per heavy atom. The van der Waals surface area contributed by atoms with Crippen LogP contribution >= 0.6 is 0 Å². The fourth-order valence-corrected chi connectivity index (χ4v) is 4.45. The molecular formula is C25H31N3O. The predicted molar refractivity (Wildman–Crippen MR) is 119 cm³/mol. The number of nitrogens with zero attached hydrogens (tertiary/aromatic N) is 1. The minimum atomic E-state index is 0.0953. The fraction of sp³-hybridized carbons (Fsp3) is 0.400. The molecule has 2 N–H and O–H groups in total. The summed E-state index contributed by atoms with van der Waals surface area (Å²) in [4.78, 5) is 15.2. The zero-order valence-corrected chi connectivity index (χ0v) is 17.1. The van der Waals surface area contributed by atoms with Gasteiger partial charge in [-0.2, -0.15) is 0 Å². The van der Waals surface area contributed by atoms with Gasteiger partial charge in [-0.3, -0.25) is 9.69 Å². The summed E-state index contributed by atoms with van der Waals surface area (Å²) in [6.07, 6.45) is 5.89. The first-order valence-corrected chi connectivity index (χ1v) is 10.9. The molecule has 2 aromatic rings. The van der Waals surface area contributed by atoms with Crippen LogP contribution in [-0.2, 0) is 11.2 Å². The lowest BCUT2D eigenvalue weighted by atomic mass is 9.92. The van der Waals surface area contributed by atoms with Crippen molar-refractivity contribution in [2.24, 2.45) is 0 Å². The molecule has 2 aliphatic rings. The standard InChI is InChI=1S/C25H31N3O/c29-25(23-13-12-20-7-4-5-10-22(20)19-23)27-14-6-11-24(21-8-2-1-3-9-21)28-17-15-26-16-18-28/h1-5,7-10,19,24,26H,6,11-18H2,(H,27,29). The molecule has 4 rings (SSSR count). The maximum Gasteiger partial charge on any atom is 0.247 e. The number of rotatable bonds is 7. The fourth-order valence-electron chi connectivity index (χ4n) is 4.45. The van der Waals surface area contributed by atoms with Gasteiger partial charge < -0.3 is 10.6 Å². The van der Waals surface area contributed by atoms with E-state index in [2.05, 4.69) is 70.1 Å². The predicted octanol–water partition coefficient (Wildman–Crippen LogP) is 3.56. The maximum absolute atomic E-state index is 12.6. The van der Waals surface area contributed by atoms with E-state index in [0.717, 1.165) is 64.0 Å². The SMILES string of the molecule is O=C(NCCCC(c1ccccc1)N1CCNCC1)C1=Cc2ccccc2CC1. The van der Waals surface area contributed by atoms with E-state index in [4.69, 9.17) is 0 Å². The molecule has 1 aliphatic heterocycles. The number of hydrogen-bond acceptors (Lipinski definition) is 3. The minimum Gasteiger partial charge on any atom is -0.352 e. The van der Waals surface area contributed by atoms with E-state index >= 15 is 0 Å². The molecule has 0 radical (unpaired) electrons. The summed E-state index contributed by atoms with van der Waals surface area (Å²) in [6.45, 7) is 5.00. The molecule has 1 saturated heterocycles. The molecule has 0 bridgehead atoms. The number of carbonyl (C=O) groups is 1. The van der Waals surface area contributed by atoms with Crippen LogP contribution in [0.15, 0.2) is 60.2 Å². The Morgan fingerprint density at radius 2 is 1.76 bits per heavy atom. The first-order valence-electron chi connectivity index (χ1n) is 10.9. The van der Waals surface area contributed by atoms with E-state index in [-0.39, 0.29) is 5.91 Å². The highest BCUT2D eigenvalue weighted by Crippen LogP contribution is 2.26. The Bertz CT molecular complexity index is 840. The number of benzene rings is 2. The highest BCUT2D eigenvalue weighted by atomic mass is 16.1. The third-order valence-corrected chi connectivity index (χ3v) is 6.06. The van der Waals surface area contributed by atoms with Gasteiger partial charge in [0.1, 0.15) is 0 Å².